The average Bonchev–Trinajstić information content (AvgIpc) is 3.43. The molecule has 1 saturated heterocycles. The number of amides is 1. The summed E-state index contributed by atoms with van der Waals surface area (Å²) >= 11 is 6.29. The van der Waals surface area contributed by atoms with Gasteiger partial charge in [-0.3, -0.25) is 9.36 Å². The first-order valence-electron chi connectivity index (χ1n) is 9.86. The highest BCUT2D eigenvalue weighted by Crippen LogP contribution is 2.50. The zero-order chi connectivity index (χ0) is 19.3. The zero-order valence-electron chi connectivity index (χ0n) is 15.5. The van der Waals surface area contributed by atoms with Gasteiger partial charge in [-0.1, -0.05) is 41.9 Å². The van der Waals surface area contributed by atoms with Gasteiger partial charge in [0, 0.05) is 30.1 Å². The van der Waals surface area contributed by atoms with Gasteiger partial charge in [0.1, 0.15) is 0 Å². The molecule has 0 radical (unpaired) electrons. The number of rotatable bonds is 3. The second-order valence-electron chi connectivity index (χ2n) is 7.84. The number of imidazole rings is 1. The molecule has 144 valence electrons. The maximum Gasteiger partial charge on any atom is 0.326 e. The van der Waals surface area contributed by atoms with Crippen LogP contribution in [0.15, 0.2) is 53.3 Å². The predicted molar refractivity (Wildman–Crippen MR) is 110 cm³/mol. The molecule has 2 aromatic carbocycles. The average molecular weight is 396 g/mol. The Morgan fingerprint density at radius 3 is 2.54 bits per heavy atom. The van der Waals surface area contributed by atoms with Crippen molar-refractivity contribution in [3.63, 3.8) is 0 Å². The van der Waals surface area contributed by atoms with Gasteiger partial charge in [0.25, 0.3) is 0 Å². The van der Waals surface area contributed by atoms with Crippen LogP contribution in [0.5, 0.6) is 0 Å². The number of carbonyl (C=O) groups is 1. The predicted octanol–water partition coefficient (Wildman–Crippen LogP) is 3.95. The van der Waals surface area contributed by atoms with E-state index in [9.17, 15) is 9.59 Å². The summed E-state index contributed by atoms with van der Waals surface area (Å²) in [7, 11) is 0. The van der Waals surface area contributed by atoms with E-state index in [-0.39, 0.29) is 29.5 Å². The minimum atomic E-state index is -0.0630. The molecule has 0 spiro atoms. The maximum atomic E-state index is 12.9. The SMILES string of the molecule is O=C(C1CC1c1ccccc1Cl)N1CCC(n2c(=O)[nH]c3ccccc32)CC1. The number of piperidine rings is 1. The molecule has 6 heteroatoms. The number of para-hydroxylation sites is 2. The number of aromatic amines is 1. The van der Waals surface area contributed by atoms with Crippen LogP contribution < -0.4 is 5.69 Å². The summed E-state index contributed by atoms with van der Waals surface area (Å²) < 4.78 is 1.86. The van der Waals surface area contributed by atoms with E-state index >= 15 is 0 Å². The van der Waals surface area contributed by atoms with Gasteiger partial charge in [0.05, 0.1) is 11.0 Å². The van der Waals surface area contributed by atoms with Crippen molar-refractivity contribution in [2.75, 3.05) is 13.1 Å². The molecule has 1 aliphatic carbocycles. The standard InChI is InChI=1S/C22H22ClN3O2/c23-18-6-2-1-5-15(18)16-13-17(16)21(27)25-11-9-14(10-12-25)26-20-8-4-3-7-19(20)24-22(26)28/h1-8,14,16-17H,9-13H2,(H,24,28). The van der Waals surface area contributed by atoms with Crippen LogP contribution in [0.4, 0.5) is 0 Å². The number of H-pyrrole nitrogens is 1. The molecule has 1 aromatic heterocycles. The molecule has 1 N–H and O–H groups in total. The smallest absolute Gasteiger partial charge is 0.326 e. The van der Waals surface area contributed by atoms with Crippen molar-refractivity contribution in [3.05, 3.63) is 69.6 Å². The molecule has 2 atom stereocenters. The molecule has 5 rings (SSSR count). The third kappa shape index (κ3) is 2.94. The monoisotopic (exact) mass is 395 g/mol. The van der Waals surface area contributed by atoms with Crippen LogP contribution in [-0.4, -0.2) is 33.4 Å². The van der Waals surface area contributed by atoms with E-state index in [2.05, 4.69) is 4.98 Å². The summed E-state index contributed by atoms with van der Waals surface area (Å²) in [6, 6.07) is 15.7. The summed E-state index contributed by atoms with van der Waals surface area (Å²) in [5.74, 6) is 0.525. The van der Waals surface area contributed by atoms with Crippen molar-refractivity contribution in [1.29, 1.82) is 0 Å². The lowest BCUT2D eigenvalue weighted by Gasteiger charge is -2.32. The van der Waals surface area contributed by atoms with Gasteiger partial charge in [-0.25, -0.2) is 4.79 Å². The van der Waals surface area contributed by atoms with Crippen LogP contribution in [-0.2, 0) is 4.79 Å². The van der Waals surface area contributed by atoms with E-state index in [1.807, 2.05) is 58.0 Å². The molecule has 2 aliphatic rings. The van der Waals surface area contributed by atoms with E-state index in [1.54, 1.807) is 0 Å². The molecule has 1 aliphatic heterocycles. The summed E-state index contributed by atoms with van der Waals surface area (Å²) in [6.07, 6.45) is 2.48. The van der Waals surface area contributed by atoms with Crippen LogP contribution in [0.1, 0.15) is 36.8 Å². The van der Waals surface area contributed by atoms with Crippen molar-refractivity contribution in [2.24, 2.45) is 5.92 Å². The molecular weight excluding hydrogens is 374 g/mol. The lowest BCUT2D eigenvalue weighted by Crippen LogP contribution is -2.41. The van der Waals surface area contributed by atoms with Crippen LogP contribution in [0.25, 0.3) is 11.0 Å². The highest BCUT2D eigenvalue weighted by Gasteiger charge is 2.47. The van der Waals surface area contributed by atoms with E-state index in [0.717, 1.165) is 40.9 Å². The highest BCUT2D eigenvalue weighted by molar-refractivity contribution is 6.31. The highest BCUT2D eigenvalue weighted by atomic mass is 35.5. The van der Waals surface area contributed by atoms with Crippen LogP contribution in [0.3, 0.4) is 0 Å². The lowest BCUT2D eigenvalue weighted by molar-refractivity contribution is -0.134. The van der Waals surface area contributed by atoms with Gasteiger partial charge >= 0.3 is 5.69 Å². The Labute approximate surface area is 167 Å². The number of fused-ring (bicyclic) bond motifs is 1. The third-order valence-electron chi connectivity index (χ3n) is 6.18. The normalized spacial score (nSPS) is 22.5. The Bertz CT molecular complexity index is 1090. The van der Waals surface area contributed by atoms with Gasteiger partial charge in [-0.15, -0.1) is 0 Å². The van der Waals surface area contributed by atoms with E-state index in [4.69, 9.17) is 11.6 Å². The molecule has 2 fully saturated rings. The number of likely N-dealkylation sites (tertiary alicyclic amines) is 1. The Kier molecular flexibility index (Phi) is 4.27. The largest absolute Gasteiger partial charge is 0.342 e. The lowest BCUT2D eigenvalue weighted by atomic mass is 10.0. The number of carbonyl (C=O) groups excluding carboxylic acids is 1. The summed E-state index contributed by atoms with van der Waals surface area (Å²) in [6.45, 7) is 1.39. The van der Waals surface area contributed by atoms with Gasteiger partial charge < -0.3 is 9.88 Å². The number of hydrogen-bond donors (Lipinski definition) is 1. The Balaban J connectivity index is 1.26. The maximum absolute atomic E-state index is 12.9. The molecule has 2 heterocycles. The third-order valence-corrected chi connectivity index (χ3v) is 6.52. The molecule has 3 aromatic rings. The fourth-order valence-corrected chi connectivity index (χ4v) is 4.88. The Hall–Kier alpha value is -2.53. The molecule has 28 heavy (non-hydrogen) atoms. The fraction of sp³-hybridized carbons (Fsp3) is 0.364. The minimum Gasteiger partial charge on any atom is -0.342 e. The molecular formula is C22H22ClN3O2. The van der Waals surface area contributed by atoms with Crippen LogP contribution in [0.2, 0.25) is 5.02 Å². The number of benzene rings is 2. The Morgan fingerprint density at radius 2 is 1.75 bits per heavy atom. The van der Waals surface area contributed by atoms with Gasteiger partial charge in [0.2, 0.25) is 5.91 Å². The minimum absolute atomic E-state index is 0.0484. The summed E-state index contributed by atoms with van der Waals surface area (Å²) in [5, 5.41) is 0.750. The number of hydrogen-bond acceptors (Lipinski definition) is 2. The molecule has 2 unspecified atom stereocenters. The van der Waals surface area contributed by atoms with Crippen molar-refractivity contribution in [1.82, 2.24) is 14.5 Å². The van der Waals surface area contributed by atoms with Gasteiger partial charge in [-0.2, -0.15) is 0 Å². The second kappa shape index (κ2) is 6.82. The van der Waals surface area contributed by atoms with Crippen LogP contribution >= 0.6 is 11.6 Å². The molecule has 1 saturated carbocycles. The van der Waals surface area contributed by atoms with E-state index in [0.29, 0.717) is 13.1 Å². The number of aromatic nitrogens is 2. The first-order valence-corrected chi connectivity index (χ1v) is 10.2. The quantitative estimate of drug-likeness (QED) is 0.730. The van der Waals surface area contributed by atoms with Gasteiger partial charge in [0.15, 0.2) is 0 Å². The van der Waals surface area contributed by atoms with E-state index in [1.165, 1.54) is 0 Å². The van der Waals surface area contributed by atoms with Crippen molar-refractivity contribution >= 4 is 28.5 Å². The molecule has 5 nitrogen and oxygen atoms in total. The first kappa shape index (κ1) is 17.6. The Morgan fingerprint density at radius 1 is 1.04 bits per heavy atom. The number of nitrogens with one attached hydrogen (secondary N) is 1. The van der Waals surface area contributed by atoms with Crippen LogP contribution in [0, 0.1) is 5.92 Å². The van der Waals surface area contributed by atoms with Crippen molar-refractivity contribution < 1.29 is 4.79 Å². The van der Waals surface area contributed by atoms with Crippen molar-refractivity contribution in [3.8, 4) is 0 Å². The number of halogens is 1. The summed E-state index contributed by atoms with van der Waals surface area (Å²) in [5.41, 5.74) is 2.83. The van der Waals surface area contributed by atoms with E-state index < -0.39 is 0 Å². The zero-order valence-corrected chi connectivity index (χ0v) is 16.2. The van der Waals surface area contributed by atoms with Crippen molar-refractivity contribution in [2.45, 2.75) is 31.2 Å². The fourth-order valence-electron chi connectivity index (χ4n) is 4.60. The van der Waals surface area contributed by atoms with Gasteiger partial charge in [-0.05, 0) is 48.9 Å². The molecule has 1 amide bonds. The molecule has 0 bridgehead atoms. The second-order valence-corrected chi connectivity index (χ2v) is 8.25. The topological polar surface area (TPSA) is 58.1 Å². The number of nitrogens with zero attached hydrogens (tertiary/aromatic N) is 2. The summed E-state index contributed by atoms with van der Waals surface area (Å²) in [4.78, 5) is 30.3. The first-order chi connectivity index (χ1) is 13.6.